The Bertz CT molecular complexity index is 500. The van der Waals surface area contributed by atoms with E-state index in [9.17, 15) is 4.79 Å². The summed E-state index contributed by atoms with van der Waals surface area (Å²) in [5.41, 5.74) is 4.19. The average molecular weight is 337 g/mol. The maximum absolute atomic E-state index is 11.8. The summed E-state index contributed by atoms with van der Waals surface area (Å²) in [4.78, 5) is 11.8. The smallest absolute Gasteiger partial charge is 0.240 e. The Morgan fingerprint density at radius 1 is 1.04 bits per heavy atom. The van der Waals surface area contributed by atoms with Crippen molar-refractivity contribution >= 4 is 23.2 Å². The van der Waals surface area contributed by atoms with Crippen molar-refractivity contribution in [1.29, 1.82) is 0 Å². The first-order valence-electron chi connectivity index (χ1n) is 8.73. The Morgan fingerprint density at radius 3 is 2.30 bits per heavy atom. The molecule has 1 amide bonds. The second-order valence-corrected chi connectivity index (χ2v) is 6.34. The zero-order valence-electron chi connectivity index (χ0n) is 14.4. The van der Waals surface area contributed by atoms with Gasteiger partial charge in [0.1, 0.15) is 0 Å². The van der Waals surface area contributed by atoms with Crippen LogP contribution < -0.4 is 5.43 Å². The summed E-state index contributed by atoms with van der Waals surface area (Å²) in [5.74, 6) is -0.0256. The minimum absolute atomic E-state index is 0.0256. The van der Waals surface area contributed by atoms with Crippen LogP contribution in [0.2, 0.25) is 5.02 Å². The van der Waals surface area contributed by atoms with Crippen molar-refractivity contribution in [2.24, 2.45) is 5.10 Å². The van der Waals surface area contributed by atoms with Crippen LogP contribution in [-0.2, 0) is 4.79 Å². The summed E-state index contributed by atoms with van der Waals surface area (Å²) in [5, 5.41) is 4.78. The van der Waals surface area contributed by atoms with Crippen molar-refractivity contribution in [3.8, 4) is 0 Å². The predicted molar refractivity (Wildman–Crippen MR) is 99.0 cm³/mol. The first-order valence-corrected chi connectivity index (χ1v) is 9.11. The fraction of sp³-hybridized carbons (Fsp3) is 0.579. The van der Waals surface area contributed by atoms with Gasteiger partial charge in [-0.15, -0.1) is 0 Å². The Kier molecular flexibility index (Phi) is 10.4. The van der Waals surface area contributed by atoms with Crippen molar-refractivity contribution in [3.05, 3.63) is 34.9 Å². The van der Waals surface area contributed by atoms with Crippen LogP contribution >= 0.6 is 11.6 Å². The standard InChI is InChI=1S/C19H29ClN2O/c1-3-4-5-6-7-8-9-10-15-19(23)22-21-16(2)17-13-11-12-14-18(17)20/h11-14H,3-10,15H2,1-2H3,(H,22,23)/b21-16+. The van der Waals surface area contributed by atoms with Crippen molar-refractivity contribution < 1.29 is 4.79 Å². The summed E-state index contributed by atoms with van der Waals surface area (Å²) >= 11 is 6.10. The van der Waals surface area contributed by atoms with E-state index in [1.807, 2.05) is 31.2 Å². The van der Waals surface area contributed by atoms with Crippen LogP contribution in [0, 0.1) is 0 Å². The highest BCUT2D eigenvalue weighted by Gasteiger charge is 2.04. The van der Waals surface area contributed by atoms with E-state index in [0.717, 1.165) is 24.1 Å². The van der Waals surface area contributed by atoms with Crippen LogP contribution in [-0.4, -0.2) is 11.6 Å². The second-order valence-electron chi connectivity index (χ2n) is 5.94. The summed E-state index contributed by atoms with van der Waals surface area (Å²) in [6, 6.07) is 7.49. The van der Waals surface area contributed by atoms with Crippen LogP contribution in [0.4, 0.5) is 0 Å². The fourth-order valence-corrected chi connectivity index (χ4v) is 2.71. The third-order valence-electron chi connectivity index (χ3n) is 3.87. The molecule has 0 radical (unpaired) electrons. The molecule has 0 saturated heterocycles. The molecule has 1 N–H and O–H groups in total. The Hall–Kier alpha value is -1.35. The van der Waals surface area contributed by atoms with Gasteiger partial charge in [-0.2, -0.15) is 5.10 Å². The lowest BCUT2D eigenvalue weighted by Gasteiger charge is -2.05. The molecular formula is C19H29ClN2O. The number of carbonyl (C=O) groups excluding carboxylic acids is 1. The molecule has 1 aromatic rings. The highest BCUT2D eigenvalue weighted by molar-refractivity contribution is 6.34. The summed E-state index contributed by atoms with van der Waals surface area (Å²) < 4.78 is 0. The number of unbranched alkanes of at least 4 members (excludes halogenated alkanes) is 7. The molecule has 0 aliphatic carbocycles. The van der Waals surface area contributed by atoms with Gasteiger partial charge in [0.2, 0.25) is 5.91 Å². The normalized spacial score (nSPS) is 11.5. The quantitative estimate of drug-likeness (QED) is 0.314. The summed E-state index contributed by atoms with van der Waals surface area (Å²) in [6.45, 7) is 4.08. The zero-order chi connectivity index (χ0) is 16.9. The predicted octanol–water partition coefficient (Wildman–Crippen LogP) is 5.71. The largest absolute Gasteiger partial charge is 0.273 e. The Labute approximate surface area is 145 Å². The van der Waals surface area contributed by atoms with Gasteiger partial charge in [0.05, 0.1) is 5.71 Å². The van der Waals surface area contributed by atoms with Gasteiger partial charge in [-0.25, -0.2) is 5.43 Å². The number of benzene rings is 1. The maximum atomic E-state index is 11.8. The first-order chi connectivity index (χ1) is 11.1. The van der Waals surface area contributed by atoms with Gasteiger partial charge in [0.25, 0.3) is 0 Å². The molecule has 4 heteroatoms. The minimum Gasteiger partial charge on any atom is -0.273 e. The maximum Gasteiger partial charge on any atom is 0.240 e. The number of amides is 1. The molecule has 0 atom stereocenters. The molecule has 3 nitrogen and oxygen atoms in total. The van der Waals surface area contributed by atoms with Gasteiger partial charge in [-0.1, -0.05) is 81.7 Å². The molecule has 1 rings (SSSR count). The van der Waals surface area contributed by atoms with E-state index in [1.54, 1.807) is 0 Å². The van der Waals surface area contributed by atoms with Crippen molar-refractivity contribution in [2.45, 2.75) is 71.6 Å². The number of nitrogens with zero attached hydrogens (tertiary/aromatic N) is 1. The molecule has 0 heterocycles. The lowest BCUT2D eigenvalue weighted by molar-refractivity contribution is -0.121. The van der Waals surface area contributed by atoms with Crippen LogP contribution in [0.3, 0.4) is 0 Å². The molecule has 0 unspecified atom stereocenters. The van der Waals surface area contributed by atoms with E-state index in [0.29, 0.717) is 11.4 Å². The van der Waals surface area contributed by atoms with Crippen LogP contribution in [0.25, 0.3) is 0 Å². The minimum atomic E-state index is -0.0256. The number of hydrogen-bond donors (Lipinski definition) is 1. The lowest BCUT2D eigenvalue weighted by Crippen LogP contribution is -2.18. The van der Waals surface area contributed by atoms with Gasteiger partial charge < -0.3 is 0 Å². The van der Waals surface area contributed by atoms with E-state index in [4.69, 9.17) is 11.6 Å². The Morgan fingerprint density at radius 2 is 1.65 bits per heavy atom. The van der Waals surface area contributed by atoms with Gasteiger partial charge in [-0.05, 0) is 19.4 Å². The number of halogens is 1. The second kappa shape index (κ2) is 12.1. The molecule has 1 aromatic carbocycles. The highest BCUT2D eigenvalue weighted by atomic mass is 35.5. The van der Waals surface area contributed by atoms with Crippen molar-refractivity contribution in [3.63, 3.8) is 0 Å². The molecule has 0 aliphatic heterocycles. The van der Waals surface area contributed by atoms with E-state index < -0.39 is 0 Å². The van der Waals surface area contributed by atoms with E-state index >= 15 is 0 Å². The average Bonchev–Trinajstić information content (AvgIpc) is 2.55. The number of hydrazone groups is 1. The molecule has 0 spiro atoms. The third kappa shape index (κ3) is 8.75. The summed E-state index contributed by atoms with van der Waals surface area (Å²) in [7, 11) is 0. The molecule has 0 aliphatic rings. The number of hydrogen-bond acceptors (Lipinski definition) is 2. The first kappa shape index (κ1) is 19.7. The van der Waals surface area contributed by atoms with Gasteiger partial charge in [0, 0.05) is 17.0 Å². The van der Waals surface area contributed by atoms with Crippen molar-refractivity contribution in [1.82, 2.24) is 5.43 Å². The highest BCUT2D eigenvalue weighted by Crippen LogP contribution is 2.15. The summed E-state index contributed by atoms with van der Waals surface area (Å²) in [6.07, 6.45) is 10.4. The molecule has 128 valence electrons. The molecule has 0 fully saturated rings. The number of carbonyl (C=O) groups is 1. The SMILES string of the molecule is CCCCCCCCCCC(=O)N/N=C(\C)c1ccccc1Cl. The fourth-order valence-electron chi connectivity index (χ4n) is 2.44. The number of rotatable bonds is 11. The van der Waals surface area contributed by atoms with Crippen LogP contribution in [0.5, 0.6) is 0 Å². The molecule has 0 bridgehead atoms. The van der Waals surface area contributed by atoms with Crippen molar-refractivity contribution in [2.75, 3.05) is 0 Å². The Balaban J connectivity index is 2.17. The third-order valence-corrected chi connectivity index (χ3v) is 4.20. The molecule has 0 saturated carbocycles. The topological polar surface area (TPSA) is 41.5 Å². The molecule has 23 heavy (non-hydrogen) atoms. The van der Waals surface area contributed by atoms with E-state index in [-0.39, 0.29) is 5.91 Å². The van der Waals surface area contributed by atoms with Gasteiger partial charge in [0.15, 0.2) is 0 Å². The number of nitrogens with one attached hydrogen (secondary N) is 1. The zero-order valence-corrected chi connectivity index (χ0v) is 15.2. The molecular weight excluding hydrogens is 308 g/mol. The van der Waals surface area contributed by atoms with Crippen LogP contribution in [0.1, 0.15) is 77.2 Å². The van der Waals surface area contributed by atoms with E-state index in [1.165, 1.54) is 38.5 Å². The van der Waals surface area contributed by atoms with E-state index in [2.05, 4.69) is 17.5 Å². The monoisotopic (exact) mass is 336 g/mol. The van der Waals surface area contributed by atoms with Crippen LogP contribution in [0.15, 0.2) is 29.4 Å². The molecule has 0 aromatic heterocycles. The lowest BCUT2D eigenvalue weighted by atomic mass is 10.1. The van der Waals surface area contributed by atoms with Gasteiger partial charge in [-0.3, -0.25) is 4.79 Å². The van der Waals surface area contributed by atoms with Gasteiger partial charge >= 0.3 is 0 Å².